The zero-order valence-electron chi connectivity index (χ0n) is 14.4. The molecular formula is C19H13ClF3NO3S. The molecule has 9 heteroatoms. The minimum atomic E-state index is -4.70. The van der Waals surface area contributed by atoms with Crippen molar-refractivity contribution in [2.75, 3.05) is 11.5 Å². The van der Waals surface area contributed by atoms with Gasteiger partial charge in [-0.3, -0.25) is 9.59 Å². The molecule has 2 aromatic carbocycles. The number of halogens is 4. The SMILES string of the molecule is CCOc1ccc(/C=C2\SC(=O)N(c3ccc(Cl)c(C(F)(F)F)c3)C2=O)cc1. The fourth-order valence-electron chi connectivity index (χ4n) is 2.54. The number of hydrogen-bond donors (Lipinski definition) is 0. The summed E-state index contributed by atoms with van der Waals surface area (Å²) < 4.78 is 44.5. The summed E-state index contributed by atoms with van der Waals surface area (Å²) in [6, 6.07) is 9.76. The number of imide groups is 1. The normalized spacial score (nSPS) is 16.2. The van der Waals surface area contributed by atoms with E-state index in [4.69, 9.17) is 16.3 Å². The van der Waals surface area contributed by atoms with Crippen LogP contribution in [0.2, 0.25) is 5.02 Å². The Labute approximate surface area is 167 Å². The molecule has 3 rings (SSSR count). The molecule has 0 aliphatic carbocycles. The Hall–Kier alpha value is -2.45. The summed E-state index contributed by atoms with van der Waals surface area (Å²) >= 11 is 6.25. The lowest BCUT2D eigenvalue weighted by Crippen LogP contribution is -2.28. The summed E-state index contributed by atoms with van der Waals surface area (Å²) in [5, 5.41) is -1.19. The molecule has 1 heterocycles. The van der Waals surface area contributed by atoms with E-state index in [1.165, 1.54) is 12.1 Å². The molecule has 28 heavy (non-hydrogen) atoms. The van der Waals surface area contributed by atoms with Crippen LogP contribution in [0.3, 0.4) is 0 Å². The van der Waals surface area contributed by atoms with Gasteiger partial charge < -0.3 is 4.74 Å². The van der Waals surface area contributed by atoms with E-state index in [0.717, 1.165) is 6.07 Å². The van der Waals surface area contributed by atoms with Crippen LogP contribution < -0.4 is 9.64 Å². The number of carbonyl (C=O) groups is 2. The number of nitrogens with zero attached hydrogens (tertiary/aromatic N) is 1. The van der Waals surface area contributed by atoms with Gasteiger partial charge >= 0.3 is 6.18 Å². The maximum absolute atomic E-state index is 13.1. The van der Waals surface area contributed by atoms with Gasteiger partial charge in [0.25, 0.3) is 11.1 Å². The van der Waals surface area contributed by atoms with Crippen molar-refractivity contribution in [3.63, 3.8) is 0 Å². The molecule has 1 aliphatic rings. The van der Waals surface area contributed by atoms with E-state index in [1.807, 2.05) is 6.92 Å². The van der Waals surface area contributed by atoms with Gasteiger partial charge in [0.1, 0.15) is 5.75 Å². The monoisotopic (exact) mass is 427 g/mol. The van der Waals surface area contributed by atoms with Crippen molar-refractivity contribution in [1.82, 2.24) is 0 Å². The molecular weight excluding hydrogens is 415 g/mol. The Morgan fingerprint density at radius 3 is 2.43 bits per heavy atom. The van der Waals surface area contributed by atoms with Gasteiger partial charge in [-0.05, 0) is 60.7 Å². The van der Waals surface area contributed by atoms with Crippen molar-refractivity contribution >= 4 is 46.3 Å². The van der Waals surface area contributed by atoms with Crippen LogP contribution in [0.5, 0.6) is 5.75 Å². The van der Waals surface area contributed by atoms with E-state index in [-0.39, 0.29) is 10.6 Å². The highest BCUT2D eigenvalue weighted by Crippen LogP contribution is 2.40. The third kappa shape index (κ3) is 4.18. The first-order chi connectivity index (χ1) is 13.2. The summed E-state index contributed by atoms with van der Waals surface area (Å²) in [5.41, 5.74) is -0.642. The Balaban J connectivity index is 1.90. The molecule has 2 amide bonds. The third-order valence-corrected chi connectivity index (χ3v) is 5.00. The number of benzene rings is 2. The first-order valence-electron chi connectivity index (χ1n) is 8.08. The minimum Gasteiger partial charge on any atom is -0.494 e. The summed E-state index contributed by atoms with van der Waals surface area (Å²) in [7, 11) is 0. The molecule has 0 N–H and O–H groups in total. The van der Waals surface area contributed by atoms with E-state index >= 15 is 0 Å². The van der Waals surface area contributed by atoms with Crippen LogP contribution in [0.4, 0.5) is 23.7 Å². The molecule has 0 unspecified atom stereocenters. The van der Waals surface area contributed by atoms with Crippen LogP contribution >= 0.6 is 23.4 Å². The summed E-state index contributed by atoms with van der Waals surface area (Å²) in [6.07, 6.45) is -3.20. The molecule has 146 valence electrons. The number of thioether (sulfide) groups is 1. The van der Waals surface area contributed by atoms with Gasteiger partial charge in [0.05, 0.1) is 27.8 Å². The zero-order chi connectivity index (χ0) is 20.5. The smallest absolute Gasteiger partial charge is 0.417 e. The van der Waals surface area contributed by atoms with Crippen molar-refractivity contribution in [3.8, 4) is 5.75 Å². The second-order valence-electron chi connectivity index (χ2n) is 5.68. The Bertz CT molecular complexity index is 958. The standard InChI is InChI=1S/C19H13ClF3NO3S/c1-2-27-13-6-3-11(4-7-13)9-16-17(25)24(18(26)28-16)12-5-8-15(20)14(10-12)19(21,22)23/h3-10H,2H2,1H3/b16-9-. The number of ether oxygens (including phenoxy) is 1. The van der Waals surface area contributed by atoms with E-state index in [2.05, 4.69) is 0 Å². The predicted molar refractivity (Wildman–Crippen MR) is 103 cm³/mol. The quantitative estimate of drug-likeness (QED) is 0.561. The van der Waals surface area contributed by atoms with Crippen molar-refractivity contribution in [3.05, 3.63) is 63.5 Å². The lowest BCUT2D eigenvalue weighted by Gasteiger charge is -2.16. The van der Waals surface area contributed by atoms with E-state index < -0.39 is 27.9 Å². The van der Waals surface area contributed by atoms with Gasteiger partial charge in [-0.25, -0.2) is 4.90 Å². The molecule has 0 saturated carbocycles. The van der Waals surface area contributed by atoms with E-state index in [9.17, 15) is 22.8 Å². The number of hydrogen-bond acceptors (Lipinski definition) is 4. The lowest BCUT2D eigenvalue weighted by atomic mass is 10.1. The van der Waals surface area contributed by atoms with Gasteiger partial charge in [0, 0.05) is 0 Å². The highest BCUT2D eigenvalue weighted by atomic mass is 35.5. The van der Waals surface area contributed by atoms with Crippen LogP contribution in [-0.2, 0) is 11.0 Å². The number of carbonyl (C=O) groups excluding carboxylic acids is 2. The Kier molecular flexibility index (Phi) is 5.71. The maximum Gasteiger partial charge on any atom is 0.417 e. The molecule has 2 aromatic rings. The third-order valence-electron chi connectivity index (χ3n) is 3.80. The lowest BCUT2D eigenvalue weighted by molar-refractivity contribution is -0.137. The van der Waals surface area contributed by atoms with Crippen molar-refractivity contribution in [1.29, 1.82) is 0 Å². The average molecular weight is 428 g/mol. The number of rotatable bonds is 4. The largest absolute Gasteiger partial charge is 0.494 e. The van der Waals surface area contributed by atoms with Gasteiger partial charge in [-0.15, -0.1) is 0 Å². The molecule has 0 atom stereocenters. The van der Waals surface area contributed by atoms with Crippen molar-refractivity contribution in [2.24, 2.45) is 0 Å². The summed E-state index contributed by atoms with van der Waals surface area (Å²) in [4.78, 5) is 25.7. The van der Waals surface area contributed by atoms with Gasteiger partial charge in [-0.2, -0.15) is 13.2 Å². The Morgan fingerprint density at radius 2 is 1.82 bits per heavy atom. The molecule has 0 bridgehead atoms. The fraction of sp³-hybridized carbons (Fsp3) is 0.158. The van der Waals surface area contributed by atoms with Crippen molar-refractivity contribution < 1.29 is 27.5 Å². The number of alkyl halides is 3. The Morgan fingerprint density at radius 1 is 1.14 bits per heavy atom. The van der Waals surface area contributed by atoms with E-state index in [1.54, 1.807) is 24.3 Å². The summed E-state index contributed by atoms with van der Waals surface area (Å²) in [5.74, 6) is -0.0343. The van der Waals surface area contributed by atoms with Gasteiger partial charge in [0.15, 0.2) is 0 Å². The molecule has 0 radical (unpaired) electrons. The molecule has 1 aliphatic heterocycles. The van der Waals surface area contributed by atoms with Gasteiger partial charge in [0.2, 0.25) is 0 Å². The number of anilines is 1. The van der Waals surface area contributed by atoms with Crippen LogP contribution in [-0.4, -0.2) is 17.8 Å². The minimum absolute atomic E-state index is 0.109. The fourth-order valence-corrected chi connectivity index (χ4v) is 3.60. The molecule has 0 aromatic heterocycles. The van der Waals surface area contributed by atoms with Gasteiger partial charge in [-0.1, -0.05) is 23.7 Å². The maximum atomic E-state index is 13.1. The van der Waals surface area contributed by atoms with Crippen LogP contribution in [0, 0.1) is 0 Å². The van der Waals surface area contributed by atoms with Crippen LogP contribution in [0.15, 0.2) is 47.4 Å². The summed E-state index contributed by atoms with van der Waals surface area (Å²) in [6.45, 7) is 2.37. The zero-order valence-corrected chi connectivity index (χ0v) is 16.0. The topological polar surface area (TPSA) is 46.6 Å². The van der Waals surface area contributed by atoms with E-state index in [0.29, 0.717) is 40.6 Å². The first-order valence-corrected chi connectivity index (χ1v) is 9.27. The molecule has 4 nitrogen and oxygen atoms in total. The molecule has 1 saturated heterocycles. The molecule has 1 fully saturated rings. The first kappa shape index (κ1) is 20.3. The second-order valence-corrected chi connectivity index (χ2v) is 7.08. The second kappa shape index (κ2) is 7.89. The number of amides is 2. The predicted octanol–water partition coefficient (Wildman–Crippen LogP) is 6.00. The highest BCUT2D eigenvalue weighted by molar-refractivity contribution is 8.19. The average Bonchev–Trinajstić information content (AvgIpc) is 2.90. The van der Waals surface area contributed by atoms with Crippen molar-refractivity contribution in [2.45, 2.75) is 13.1 Å². The highest BCUT2D eigenvalue weighted by Gasteiger charge is 2.39. The van der Waals surface area contributed by atoms with Crippen LogP contribution in [0.1, 0.15) is 18.1 Å². The van der Waals surface area contributed by atoms with Crippen LogP contribution in [0.25, 0.3) is 6.08 Å². The molecule has 0 spiro atoms.